The highest BCUT2D eigenvalue weighted by molar-refractivity contribution is 5.69. The third-order valence-corrected chi connectivity index (χ3v) is 7.54. The molecule has 0 aliphatic rings. The molecule has 0 aromatic heterocycles. The molecule has 0 aromatic carbocycles. The molecule has 0 bridgehead atoms. The summed E-state index contributed by atoms with van der Waals surface area (Å²) < 4.78 is 10.3. The average Bonchev–Trinajstić information content (AvgIpc) is 3.02. The quantitative estimate of drug-likeness (QED) is 0.0462. The van der Waals surface area contributed by atoms with Crippen molar-refractivity contribution in [1.82, 2.24) is 0 Å². The van der Waals surface area contributed by atoms with Crippen LogP contribution in [-0.4, -0.2) is 36.4 Å². The fraction of sp³-hybridized carbons (Fsp3) is 0.744. The molecule has 0 heterocycles. The van der Waals surface area contributed by atoms with Crippen LogP contribution in [0.25, 0.3) is 0 Å². The first-order chi connectivity index (χ1) is 21.6. The molecule has 5 heteroatoms. The van der Waals surface area contributed by atoms with Gasteiger partial charge in [-0.15, -0.1) is 0 Å². The molecule has 0 radical (unpaired) electrons. The summed E-state index contributed by atoms with van der Waals surface area (Å²) in [7, 11) is 0. The van der Waals surface area contributed by atoms with Gasteiger partial charge in [-0.3, -0.25) is 9.59 Å². The first-order valence-electron chi connectivity index (χ1n) is 18.2. The molecule has 0 unspecified atom stereocenters. The van der Waals surface area contributed by atoms with Gasteiger partial charge in [0, 0.05) is 12.8 Å². The Bertz CT molecular complexity index is 690. The van der Waals surface area contributed by atoms with E-state index in [0.717, 1.165) is 64.2 Å². The second-order valence-electron chi connectivity index (χ2n) is 12.0. The lowest BCUT2D eigenvalue weighted by atomic mass is 10.1. The predicted octanol–water partition coefficient (Wildman–Crippen LogP) is 11.1. The maximum Gasteiger partial charge on any atom is 0.305 e. The predicted molar refractivity (Wildman–Crippen MR) is 187 cm³/mol. The highest BCUT2D eigenvalue weighted by atomic mass is 16.6. The SMILES string of the molecule is CCCCCC=CCC=CCCCCCCCC(=O)OCC(O)COC(=O)CCCCCCCC=CCC=CCCCCC. The Morgan fingerprint density at radius 3 is 1.16 bits per heavy atom. The van der Waals surface area contributed by atoms with Crippen molar-refractivity contribution in [3.8, 4) is 0 Å². The molecule has 0 aliphatic heterocycles. The summed E-state index contributed by atoms with van der Waals surface area (Å²) in [5.41, 5.74) is 0. The molecule has 44 heavy (non-hydrogen) atoms. The lowest BCUT2D eigenvalue weighted by molar-refractivity contribution is -0.152. The number of rotatable bonds is 32. The molecule has 0 amide bonds. The Morgan fingerprint density at radius 1 is 0.477 bits per heavy atom. The van der Waals surface area contributed by atoms with Gasteiger partial charge in [0.25, 0.3) is 0 Å². The van der Waals surface area contributed by atoms with Crippen molar-refractivity contribution in [3.63, 3.8) is 0 Å². The molecule has 0 rings (SSSR count). The summed E-state index contributed by atoms with van der Waals surface area (Å²) in [5.74, 6) is -0.600. The lowest BCUT2D eigenvalue weighted by Gasteiger charge is -2.12. The van der Waals surface area contributed by atoms with Gasteiger partial charge in [0.1, 0.15) is 19.3 Å². The van der Waals surface area contributed by atoms with E-state index in [1.165, 1.54) is 77.0 Å². The summed E-state index contributed by atoms with van der Waals surface area (Å²) in [5, 5.41) is 9.98. The van der Waals surface area contributed by atoms with Gasteiger partial charge in [-0.1, -0.05) is 127 Å². The number of ether oxygens (including phenoxy) is 2. The Hall–Kier alpha value is -2.14. The molecule has 0 saturated carbocycles. The second kappa shape index (κ2) is 35.3. The standard InChI is InChI=1S/C39H68O5/c1-3-5-7-9-11-13-15-17-19-21-23-25-27-29-31-33-38(41)43-35-37(40)36-44-39(42)34-32-30-28-26-24-22-20-18-16-14-12-10-8-6-4-2/h11-14,17-20,37,40H,3-10,15-16,21-36H2,1-2H3. The first kappa shape index (κ1) is 41.9. The maximum atomic E-state index is 11.9. The Kier molecular flexibility index (Phi) is 33.6. The van der Waals surface area contributed by atoms with Gasteiger partial charge in [-0.25, -0.2) is 0 Å². The average molecular weight is 617 g/mol. The van der Waals surface area contributed by atoms with Crippen molar-refractivity contribution < 1.29 is 24.2 Å². The van der Waals surface area contributed by atoms with E-state index in [9.17, 15) is 14.7 Å². The summed E-state index contributed by atoms with van der Waals surface area (Å²) in [6.07, 6.45) is 42.9. The van der Waals surface area contributed by atoms with Crippen molar-refractivity contribution in [2.45, 2.75) is 174 Å². The van der Waals surface area contributed by atoms with Crippen LogP contribution in [0.5, 0.6) is 0 Å². The minimum absolute atomic E-state index is 0.129. The van der Waals surface area contributed by atoms with Crippen LogP contribution in [0.3, 0.4) is 0 Å². The zero-order chi connectivity index (χ0) is 32.2. The molecule has 254 valence electrons. The zero-order valence-corrected chi connectivity index (χ0v) is 28.7. The lowest BCUT2D eigenvalue weighted by Crippen LogP contribution is -2.25. The van der Waals surface area contributed by atoms with Crippen LogP contribution in [0.15, 0.2) is 48.6 Å². The van der Waals surface area contributed by atoms with E-state index in [-0.39, 0.29) is 25.2 Å². The highest BCUT2D eigenvalue weighted by Crippen LogP contribution is 2.10. The van der Waals surface area contributed by atoms with Crippen LogP contribution >= 0.6 is 0 Å². The molecule has 0 fully saturated rings. The van der Waals surface area contributed by atoms with Crippen molar-refractivity contribution >= 4 is 11.9 Å². The van der Waals surface area contributed by atoms with Gasteiger partial charge in [0.15, 0.2) is 0 Å². The van der Waals surface area contributed by atoms with Gasteiger partial charge in [-0.05, 0) is 77.0 Å². The summed E-state index contributed by atoms with van der Waals surface area (Å²) >= 11 is 0. The third kappa shape index (κ3) is 34.4. The van der Waals surface area contributed by atoms with E-state index >= 15 is 0 Å². The minimum Gasteiger partial charge on any atom is -0.463 e. The molecule has 0 atom stereocenters. The topological polar surface area (TPSA) is 72.8 Å². The molecule has 5 nitrogen and oxygen atoms in total. The number of hydrogen-bond acceptors (Lipinski definition) is 5. The molecule has 0 aromatic rings. The second-order valence-corrected chi connectivity index (χ2v) is 12.0. The van der Waals surface area contributed by atoms with Crippen LogP contribution in [0.4, 0.5) is 0 Å². The number of carbonyl (C=O) groups excluding carboxylic acids is 2. The van der Waals surface area contributed by atoms with Crippen LogP contribution in [-0.2, 0) is 19.1 Å². The van der Waals surface area contributed by atoms with Crippen LogP contribution in [0, 0.1) is 0 Å². The van der Waals surface area contributed by atoms with Gasteiger partial charge in [0.2, 0.25) is 0 Å². The number of hydrogen-bond donors (Lipinski definition) is 1. The van der Waals surface area contributed by atoms with E-state index in [2.05, 4.69) is 62.5 Å². The highest BCUT2D eigenvalue weighted by Gasteiger charge is 2.12. The molecular weight excluding hydrogens is 548 g/mol. The summed E-state index contributed by atoms with van der Waals surface area (Å²) in [6, 6.07) is 0. The monoisotopic (exact) mass is 617 g/mol. The fourth-order valence-electron chi connectivity index (χ4n) is 4.73. The smallest absolute Gasteiger partial charge is 0.305 e. The molecule has 0 saturated heterocycles. The van der Waals surface area contributed by atoms with E-state index in [0.29, 0.717) is 12.8 Å². The maximum absolute atomic E-state index is 11.9. The number of aliphatic hydroxyl groups excluding tert-OH is 1. The first-order valence-corrected chi connectivity index (χ1v) is 18.2. The van der Waals surface area contributed by atoms with Crippen LogP contribution < -0.4 is 0 Å². The molecule has 0 aliphatic carbocycles. The van der Waals surface area contributed by atoms with E-state index < -0.39 is 6.10 Å². The van der Waals surface area contributed by atoms with Crippen molar-refractivity contribution in [1.29, 1.82) is 0 Å². The normalized spacial score (nSPS) is 12.7. The molecular formula is C39H68O5. The van der Waals surface area contributed by atoms with Crippen LogP contribution in [0.2, 0.25) is 0 Å². The minimum atomic E-state index is -0.975. The Morgan fingerprint density at radius 2 is 0.795 bits per heavy atom. The summed E-state index contributed by atoms with van der Waals surface area (Å²) in [6.45, 7) is 4.21. The number of aliphatic hydroxyl groups is 1. The van der Waals surface area contributed by atoms with E-state index in [1.54, 1.807) is 0 Å². The van der Waals surface area contributed by atoms with Crippen molar-refractivity contribution in [2.24, 2.45) is 0 Å². The number of unbranched alkanes of at least 4 members (excludes halogenated alkanes) is 16. The van der Waals surface area contributed by atoms with Gasteiger partial charge >= 0.3 is 11.9 Å². The van der Waals surface area contributed by atoms with Gasteiger partial charge in [0.05, 0.1) is 0 Å². The summed E-state index contributed by atoms with van der Waals surface area (Å²) in [4.78, 5) is 23.9. The third-order valence-electron chi connectivity index (χ3n) is 7.54. The fourth-order valence-corrected chi connectivity index (χ4v) is 4.73. The van der Waals surface area contributed by atoms with Crippen LogP contribution in [0.1, 0.15) is 168 Å². The van der Waals surface area contributed by atoms with Gasteiger partial charge < -0.3 is 14.6 Å². The van der Waals surface area contributed by atoms with Crippen molar-refractivity contribution in [2.75, 3.05) is 13.2 Å². The Balaban J connectivity index is 3.51. The Labute approximate surface area is 271 Å². The number of allylic oxidation sites excluding steroid dienone is 8. The van der Waals surface area contributed by atoms with Crippen molar-refractivity contribution in [3.05, 3.63) is 48.6 Å². The van der Waals surface area contributed by atoms with Gasteiger partial charge in [-0.2, -0.15) is 0 Å². The largest absolute Gasteiger partial charge is 0.463 e. The van der Waals surface area contributed by atoms with E-state index in [4.69, 9.17) is 9.47 Å². The molecule has 1 N–H and O–H groups in total. The van der Waals surface area contributed by atoms with E-state index in [1.807, 2.05) is 0 Å². The molecule has 0 spiro atoms. The number of carbonyl (C=O) groups is 2. The zero-order valence-electron chi connectivity index (χ0n) is 28.7. The number of esters is 2.